The van der Waals surface area contributed by atoms with Crippen LogP contribution in [-0.2, 0) is 4.79 Å². The number of allylic oxidation sites excluding steroid dienone is 3. The van der Waals surface area contributed by atoms with E-state index in [1.165, 1.54) is 6.08 Å². The van der Waals surface area contributed by atoms with Crippen molar-refractivity contribution in [3.05, 3.63) is 54.3 Å². The molecule has 2 nitrogen and oxygen atoms in total. The zero-order valence-electron chi connectivity index (χ0n) is 9.05. The SMILES string of the molecule is CC(/C=C\C=O)=C/N(C)c1ccccc1. The van der Waals surface area contributed by atoms with E-state index in [9.17, 15) is 4.79 Å². The minimum atomic E-state index is 0.778. The van der Waals surface area contributed by atoms with E-state index in [-0.39, 0.29) is 0 Å². The molecule has 0 bridgehead atoms. The highest BCUT2D eigenvalue weighted by Crippen LogP contribution is 2.12. The second kappa shape index (κ2) is 5.81. The summed E-state index contributed by atoms with van der Waals surface area (Å²) in [6.45, 7) is 1.96. The Morgan fingerprint density at radius 3 is 2.53 bits per heavy atom. The van der Waals surface area contributed by atoms with Crippen LogP contribution in [0.2, 0.25) is 0 Å². The summed E-state index contributed by atoms with van der Waals surface area (Å²) >= 11 is 0. The lowest BCUT2D eigenvalue weighted by atomic mass is 10.2. The highest BCUT2D eigenvalue weighted by atomic mass is 16.1. The monoisotopic (exact) mass is 201 g/mol. The number of carbonyl (C=O) groups is 1. The van der Waals surface area contributed by atoms with Gasteiger partial charge < -0.3 is 4.90 Å². The van der Waals surface area contributed by atoms with E-state index in [1.807, 2.05) is 55.4 Å². The summed E-state index contributed by atoms with van der Waals surface area (Å²) < 4.78 is 0. The summed E-state index contributed by atoms with van der Waals surface area (Å²) in [6.07, 6.45) is 6.03. The van der Waals surface area contributed by atoms with Crippen LogP contribution in [0.3, 0.4) is 0 Å². The number of aldehydes is 1. The van der Waals surface area contributed by atoms with Crippen molar-refractivity contribution in [1.82, 2.24) is 0 Å². The lowest BCUT2D eigenvalue weighted by Gasteiger charge is -2.14. The smallest absolute Gasteiger partial charge is 0.142 e. The fourth-order valence-corrected chi connectivity index (χ4v) is 1.28. The molecule has 0 spiro atoms. The quantitative estimate of drug-likeness (QED) is 0.424. The number of rotatable bonds is 4. The summed E-state index contributed by atoms with van der Waals surface area (Å²) in [6, 6.07) is 10.0. The van der Waals surface area contributed by atoms with Gasteiger partial charge in [0.15, 0.2) is 0 Å². The molecule has 1 aromatic carbocycles. The molecule has 0 saturated heterocycles. The Bertz CT molecular complexity index is 365. The third-order valence-corrected chi connectivity index (χ3v) is 2.00. The first-order chi connectivity index (χ1) is 7.24. The molecule has 0 amide bonds. The lowest BCUT2D eigenvalue weighted by molar-refractivity contribution is -0.104. The van der Waals surface area contributed by atoms with Crippen LogP contribution >= 0.6 is 0 Å². The average molecular weight is 201 g/mol. The van der Waals surface area contributed by atoms with Gasteiger partial charge in [-0.1, -0.05) is 24.3 Å². The second-order valence-electron chi connectivity index (χ2n) is 3.31. The van der Waals surface area contributed by atoms with Crippen LogP contribution in [0.25, 0.3) is 0 Å². The van der Waals surface area contributed by atoms with Gasteiger partial charge >= 0.3 is 0 Å². The first-order valence-electron chi connectivity index (χ1n) is 4.82. The van der Waals surface area contributed by atoms with Crippen LogP contribution in [0, 0.1) is 0 Å². The molecule has 15 heavy (non-hydrogen) atoms. The Labute approximate surface area is 90.5 Å². The van der Waals surface area contributed by atoms with Gasteiger partial charge in [-0.3, -0.25) is 4.79 Å². The van der Waals surface area contributed by atoms with E-state index in [1.54, 1.807) is 6.08 Å². The molecule has 0 atom stereocenters. The molecular formula is C13H15NO. The van der Waals surface area contributed by atoms with Crippen molar-refractivity contribution >= 4 is 12.0 Å². The molecule has 78 valence electrons. The Balaban J connectivity index is 2.74. The summed E-state index contributed by atoms with van der Waals surface area (Å²) in [5, 5.41) is 0. The normalized spacial score (nSPS) is 11.7. The zero-order chi connectivity index (χ0) is 11.1. The van der Waals surface area contributed by atoms with Gasteiger partial charge in [-0.2, -0.15) is 0 Å². The number of hydrogen-bond acceptors (Lipinski definition) is 2. The van der Waals surface area contributed by atoms with Gasteiger partial charge in [-0.15, -0.1) is 0 Å². The molecule has 0 unspecified atom stereocenters. The van der Waals surface area contributed by atoms with Gasteiger partial charge in [0.2, 0.25) is 0 Å². The van der Waals surface area contributed by atoms with Crippen LogP contribution in [0.15, 0.2) is 54.3 Å². The largest absolute Gasteiger partial charge is 0.351 e. The summed E-state index contributed by atoms with van der Waals surface area (Å²) in [4.78, 5) is 12.2. The number of hydrogen-bond donors (Lipinski definition) is 0. The molecule has 0 fully saturated rings. The molecule has 0 N–H and O–H groups in total. The minimum Gasteiger partial charge on any atom is -0.351 e. The highest BCUT2D eigenvalue weighted by Gasteiger charge is 1.94. The molecule has 1 rings (SSSR count). The highest BCUT2D eigenvalue weighted by molar-refractivity contribution is 5.65. The van der Waals surface area contributed by atoms with Crippen molar-refractivity contribution < 1.29 is 4.79 Å². The van der Waals surface area contributed by atoms with E-state index in [0.29, 0.717) is 0 Å². The fourth-order valence-electron chi connectivity index (χ4n) is 1.28. The van der Waals surface area contributed by atoms with Gasteiger partial charge in [-0.05, 0) is 30.7 Å². The van der Waals surface area contributed by atoms with Crippen molar-refractivity contribution in [2.45, 2.75) is 6.92 Å². The minimum absolute atomic E-state index is 0.778. The average Bonchev–Trinajstić information content (AvgIpc) is 2.27. The predicted octanol–water partition coefficient (Wildman–Crippen LogP) is 2.78. The molecule has 1 aromatic rings. The van der Waals surface area contributed by atoms with Gasteiger partial charge in [0.25, 0.3) is 0 Å². The third-order valence-electron chi connectivity index (χ3n) is 2.00. The Hall–Kier alpha value is -1.83. The molecule has 0 aliphatic carbocycles. The molecule has 0 saturated carbocycles. The second-order valence-corrected chi connectivity index (χ2v) is 3.31. The standard InChI is InChI=1S/C13H15NO/c1-12(7-6-10-15)11-14(2)13-8-4-3-5-9-13/h3-11H,1-2H3/b7-6-,12-11-. The molecule has 0 radical (unpaired) electrons. The fraction of sp³-hybridized carbons (Fsp3) is 0.154. The number of carbonyl (C=O) groups excluding carboxylic acids is 1. The molecule has 0 heterocycles. The van der Waals surface area contributed by atoms with E-state index < -0.39 is 0 Å². The van der Waals surface area contributed by atoms with Gasteiger partial charge in [0, 0.05) is 18.9 Å². The number of anilines is 1. The van der Waals surface area contributed by atoms with Crippen LogP contribution in [0.5, 0.6) is 0 Å². The van der Waals surface area contributed by atoms with E-state index >= 15 is 0 Å². The van der Waals surface area contributed by atoms with Crippen molar-refractivity contribution in [1.29, 1.82) is 0 Å². The zero-order valence-corrected chi connectivity index (χ0v) is 9.05. The first kappa shape index (κ1) is 11.2. The van der Waals surface area contributed by atoms with Gasteiger partial charge in [-0.25, -0.2) is 0 Å². The van der Waals surface area contributed by atoms with Crippen LogP contribution in [0.4, 0.5) is 5.69 Å². The Morgan fingerprint density at radius 2 is 1.93 bits per heavy atom. The Kier molecular flexibility index (Phi) is 4.35. The van der Waals surface area contributed by atoms with Gasteiger partial charge in [0.05, 0.1) is 0 Å². The maximum Gasteiger partial charge on any atom is 0.142 e. The molecule has 0 aliphatic rings. The topological polar surface area (TPSA) is 20.3 Å². The van der Waals surface area contributed by atoms with Gasteiger partial charge in [0.1, 0.15) is 6.29 Å². The van der Waals surface area contributed by atoms with Crippen LogP contribution in [0.1, 0.15) is 6.92 Å². The Morgan fingerprint density at radius 1 is 1.27 bits per heavy atom. The van der Waals surface area contributed by atoms with Crippen molar-refractivity contribution in [2.24, 2.45) is 0 Å². The van der Waals surface area contributed by atoms with Crippen molar-refractivity contribution in [2.75, 3.05) is 11.9 Å². The van der Waals surface area contributed by atoms with Crippen molar-refractivity contribution in [3.8, 4) is 0 Å². The third kappa shape index (κ3) is 3.81. The first-order valence-corrected chi connectivity index (χ1v) is 4.82. The van der Waals surface area contributed by atoms with Crippen molar-refractivity contribution in [3.63, 3.8) is 0 Å². The number of nitrogens with zero attached hydrogens (tertiary/aromatic N) is 1. The van der Waals surface area contributed by atoms with Crippen LogP contribution in [-0.4, -0.2) is 13.3 Å². The summed E-state index contributed by atoms with van der Waals surface area (Å²) in [5.41, 5.74) is 2.16. The number of para-hydroxylation sites is 1. The molecule has 0 aromatic heterocycles. The lowest BCUT2D eigenvalue weighted by Crippen LogP contribution is -2.08. The molecule has 2 heteroatoms. The van der Waals surface area contributed by atoms with Crippen LogP contribution < -0.4 is 4.90 Å². The van der Waals surface area contributed by atoms with E-state index in [4.69, 9.17) is 0 Å². The summed E-state index contributed by atoms with van der Waals surface area (Å²) in [5.74, 6) is 0. The maximum absolute atomic E-state index is 10.1. The molecule has 0 aliphatic heterocycles. The maximum atomic E-state index is 10.1. The number of benzene rings is 1. The molecular weight excluding hydrogens is 186 g/mol. The predicted molar refractivity (Wildman–Crippen MR) is 63.8 cm³/mol. The van der Waals surface area contributed by atoms with E-state index in [2.05, 4.69) is 0 Å². The van der Waals surface area contributed by atoms with E-state index in [0.717, 1.165) is 17.5 Å². The summed E-state index contributed by atoms with van der Waals surface area (Å²) in [7, 11) is 1.98.